The van der Waals surface area contributed by atoms with Crippen molar-refractivity contribution in [1.82, 2.24) is 0 Å². The van der Waals surface area contributed by atoms with Crippen molar-refractivity contribution in [3.63, 3.8) is 0 Å². The fourth-order valence-corrected chi connectivity index (χ4v) is 2.07. The van der Waals surface area contributed by atoms with Crippen molar-refractivity contribution in [2.75, 3.05) is 18.1 Å². The molecule has 0 fully saturated rings. The maximum atomic E-state index is 10.9. The summed E-state index contributed by atoms with van der Waals surface area (Å²) in [7, 11) is -1.69. The molecule has 1 N–H and O–H groups in total. The van der Waals surface area contributed by atoms with Crippen LogP contribution in [0.4, 0.5) is 5.69 Å². The molecule has 0 saturated carbocycles. The predicted molar refractivity (Wildman–Crippen MR) is 59.2 cm³/mol. The Morgan fingerprint density at radius 2 is 2.07 bits per heavy atom. The molecule has 0 atom stereocenters. The van der Waals surface area contributed by atoms with E-state index in [1.165, 1.54) is 0 Å². The van der Waals surface area contributed by atoms with Crippen LogP contribution in [-0.2, 0) is 10.0 Å². The van der Waals surface area contributed by atoms with Gasteiger partial charge in [0.2, 0.25) is 10.0 Å². The second kappa shape index (κ2) is 4.18. The van der Waals surface area contributed by atoms with E-state index in [-0.39, 0.29) is 0 Å². The molecule has 1 aromatic carbocycles. The monoisotopic (exact) mass is 279 g/mol. The minimum absolute atomic E-state index is 0.494. The van der Waals surface area contributed by atoms with Crippen LogP contribution in [0.1, 0.15) is 0 Å². The van der Waals surface area contributed by atoms with Crippen molar-refractivity contribution < 1.29 is 13.2 Å². The normalized spacial score (nSPS) is 11.1. The predicted octanol–water partition coefficient (Wildman–Crippen LogP) is 1.83. The Hall–Kier alpha value is -0.750. The molecular weight excluding hydrogens is 270 g/mol. The summed E-state index contributed by atoms with van der Waals surface area (Å²) in [5.41, 5.74) is 0.494. The van der Waals surface area contributed by atoms with Gasteiger partial charge in [0.1, 0.15) is 5.75 Å². The smallest absolute Gasteiger partial charge is 0.229 e. The van der Waals surface area contributed by atoms with Crippen LogP contribution in [0.15, 0.2) is 22.7 Å². The minimum atomic E-state index is -3.24. The van der Waals surface area contributed by atoms with E-state index < -0.39 is 10.0 Å². The zero-order valence-electron chi connectivity index (χ0n) is 7.74. The number of rotatable bonds is 3. The molecular formula is C8H10BrNO3S. The number of hydrogen-bond acceptors (Lipinski definition) is 3. The summed E-state index contributed by atoms with van der Waals surface area (Å²) in [5.74, 6) is 0.663. The first kappa shape index (κ1) is 11.3. The molecule has 1 rings (SSSR count). The number of hydrogen-bond donors (Lipinski definition) is 1. The van der Waals surface area contributed by atoms with Crippen molar-refractivity contribution in [3.8, 4) is 5.75 Å². The molecule has 0 saturated heterocycles. The molecule has 0 aliphatic heterocycles. The molecule has 0 unspecified atom stereocenters. The Labute approximate surface area is 91.5 Å². The lowest BCUT2D eigenvalue weighted by Crippen LogP contribution is -2.09. The van der Waals surface area contributed by atoms with Crippen LogP contribution in [0, 0.1) is 0 Å². The van der Waals surface area contributed by atoms with Crippen LogP contribution in [0.3, 0.4) is 0 Å². The second-order valence-electron chi connectivity index (χ2n) is 2.72. The molecule has 0 bridgehead atoms. The molecule has 0 aromatic heterocycles. The molecule has 0 radical (unpaired) electrons. The van der Waals surface area contributed by atoms with E-state index in [0.29, 0.717) is 15.9 Å². The molecule has 0 spiro atoms. The van der Waals surface area contributed by atoms with E-state index >= 15 is 0 Å². The third kappa shape index (κ3) is 3.19. The van der Waals surface area contributed by atoms with Crippen LogP contribution < -0.4 is 9.46 Å². The Morgan fingerprint density at radius 3 is 2.50 bits per heavy atom. The van der Waals surface area contributed by atoms with Crippen LogP contribution in [0.2, 0.25) is 0 Å². The molecule has 6 heteroatoms. The maximum Gasteiger partial charge on any atom is 0.229 e. The van der Waals surface area contributed by atoms with Gasteiger partial charge in [-0.15, -0.1) is 0 Å². The van der Waals surface area contributed by atoms with Crippen molar-refractivity contribution in [1.29, 1.82) is 0 Å². The summed E-state index contributed by atoms with van der Waals surface area (Å²) in [6.45, 7) is 0. The van der Waals surface area contributed by atoms with Gasteiger partial charge in [-0.1, -0.05) is 0 Å². The Balaban J connectivity index is 3.01. The molecule has 0 aliphatic carbocycles. The third-order valence-electron chi connectivity index (χ3n) is 1.47. The van der Waals surface area contributed by atoms with Crippen molar-refractivity contribution >= 4 is 31.6 Å². The van der Waals surface area contributed by atoms with Gasteiger partial charge in [0.05, 0.1) is 19.1 Å². The van der Waals surface area contributed by atoms with Gasteiger partial charge < -0.3 is 4.74 Å². The highest BCUT2D eigenvalue weighted by Gasteiger charge is 2.06. The molecule has 0 amide bonds. The summed E-state index contributed by atoms with van der Waals surface area (Å²) >= 11 is 3.23. The second-order valence-corrected chi connectivity index (χ2v) is 5.32. The number of anilines is 1. The zero-order valence-corrected chi connectivity index (χ0v) is 10.1. The summed E-state index contributed by atoms with van der Waals surface area (Å²) in [6, 6.07) is 5.00. The number of sulfonamides is 1. The highest BCUT2D eigenvalue weighted by molar-refractivity contribution is 9.10. The van der Waals surface area contributed by atoms with Gasteiger partial charge in [-0.2, -0.15) is 0 Å². The molecule has 14 heavy (non-hydrogen) atoms. The van der Waals surface area contributed by atoms with Crippen LogP contribution in [-0.4, -0.2) is 21.8 Å². The highest BCUT2D eigenvalue weighted by Crippen LogP contribution is 2.27. The number of halogens is 1. The summed E-state index contributed by atoms with van der Waals surface area (Å²) in [5, 5.41) is 0. The van der Waals surface area contributed by atoms with E-state index in [4.69, 9.17) is 4.74 Å². The quantitative estimate of drug-likeness (QED) is 0.919. The van der Waals surface area contributed by atoms with Crippen LogP contribution in [0.25, 0.3) is 0 Å². The van der Waals surface area contributed by atoms with Crippen LogP contribution >= 0.6 is 15.9 Å². The lowest BCUT2D eigenvalue weighted by molar-refractivity contribution is 0.414. The fraction of sp³-hybridized carbons (Fsp3) is 0.250. The lowest BCUT2D eigenvalue weighted by atomic mass is 10.3. The SMILES string of the molecule is COc1ccc(NS(C)(=O)=O)c(Br)c1. The first-order chi connectivity index (χ1) is 6.42. The Kier molecular flexibility index (Phi) is 3.38. The topological polar surface area (TPSA) is 55.4 Å². The zero-order chi connectivity index (χ0) is 10.8. The van der Waals surface area contributed by atoms with Crippen molar-refractivity contribution in [2.24, 2.45) is 0 Å². The average molecular weight is 280 g/mol. The van der Waals surface area contributed by atoms with Gasteiger partial charge in [-0.3, -0.25) is 4.72 Å². The molecule has 0 aliphatic rings. The van der Waals surface area contributed by atoms with Gasteiger partial charge in [-0.25, -0.2) is 8.42 Å². The Bertz CT molecular complexity index is 430. The molecule has 4 nitrogen and oxygen atoms in total. The van der Waals surface area contributed by atoms with E-state index in [9.17, 15) is 8.42 Å². The molecule has 78 valence electrons. The van der Waals surface area contributed by atoms with Gasteiger partial charge in [0.15, 0.2) is 0 Å². The lowest BCUT2D eigenvalue weighted by Gasteiger charge is -2.07. The average Bonchev–Trinajstić information content (AvgIpc) is 2.06. The summed E-state index contributed by atoms with van der Waals surface area (Å²) in [6.07, 6.45) is 1.10. The minimum Gasteiger partial charge on any atom is -0.497 e. The largest absolute Gasteiger partial charge is 0.497 e. The number of methoxy groups -OCH3 is 1. The van der Waals surface area contributed by atoms with E-state index in [1.807, 2.05) is 0 Å². The molecule has 1 aromatic rings. The van der Waals surface area contributed by atoms with Crippen molar-refractivity contribution in [3.05, 3.63) is 22.7 Å². The van der Waals surface area contributed by atoms with Crippen LogP contribution in [0.5, 0.6) is 5.75 Å². The standard InChI is InChI=1S/C8H10BrNO3S/c1-13-6-3-4-8(7(9)5-6)10-14(2,11)12/h3-5,10H,1-2H3. The number of benzene rings is 1. The van der Waals surface area contributed by atoms with Crippen molar-refractivity contribution in [2.45, 2.75) is 0 Å². The van der Waals surface area contributed by atoms with Gasteiger partial charge >= 0.3 is 0 Å². The maximum absolute atomic E-state index is 10.9. The first-order valence-corrected chi connectivity index (χ1v) is 6.42. The number of nitrogens with one attached hydrogen (secondary N) is 1. The van der Waals surface area contributed by atoms with Gasteiger partial charge in [0, 0.05) is 4.47 Å². The van der Waals surface area contributed by atoms with E-state index in [1.54, 1.807) is 25.3 Å². The first-order valence-electron chi connectivity index (χ1n) is 3.74. The van der Waals surface area contributed by atoms with E-state index in [2.05, 4.69) is 20.7 Å². The summed E-state index contributed by atoms with van der Waals surface area (Å²) < 4.78 is 29.9. The highest BCUT2D eigenvalue weighted by atomic mass is 79.9. The summed E-state index contributed by atoms with van der Waals surface area (Å²) in [4.78, 5) is 0. The third-order valence-corrected chi connectivity index (χ3v) is 2.72. The molecule has 0 heterocycles. The number of ether oxygens (including phenoxy) is 1. The Morgan fingerprint density at radius 1 is 1.43 bits per heavy atom. The fourth-order valence-electron chi connectivity index (χ4n) is 0.905. The van der Waals surface area contributed by atoms with Gasteiger partial charge in [-0.05, 0) is 34.1 Å². The van der Waals surface area contributed by atoms with Gasteiger partial charge in [0.25, 0.3) is 0 Å². The van der Waals surface area contributed by atoms with E-state index in [0.717, 1.165) is 6.26 Å².